The van der Waals surface area contributed by atoms with E-state index in [0.717, 1.165) is 67.7 Å². The molecule has 8 heteroatoms. The summed E-state index contributed by atoms with van der Waals surface area (Å²) in [6.07, 6.45) is 2.98. The first-order valence-electron chi connectivity index (χ1n) is 14.2. The van der Waals surface area contributed by atoms with Crippen LogP contribution in [0.25, 0.3) is 10.9 Å². The maximum atomic E-state index is 14.0. The molecule has 2 atom stereocenters. The highest BCUT2D eigenvalue weighted by atomic mass is 16.5. The second-order valence-electron chi connectivity index (χ2n) is 10.6. The Morgan fingerprint density at radius 1 is 0.974 bits per heavy atom. The molecule has 3 aromatic rings. The summed E-state index contributed by atoms with van der Waals surface area (Å²) in [5.74, 6) is -0.614. The quantitative estimate of drug-likeness (QED) is 0.407. The zero-order valence-corrected chi connectivity index (χ0v) is 23.4. The molecule has 3 heterocycles. The van der Waals surface area contributed by atoms with E-state index in [-0.39, 0.29) is 11.8 Å². The second kappa shape index (κ2) is 12.3. The molecule has 2 unspecified atom stereocenters. The molecular formula is C31H41N5O3. The fourth-order valence-electron chi connectivity index (χ4n) is 6.22. The Kier molecular flexibility index (Phi) is 8.65. The van der Waals surface area contributed by atoms with Crippen LogP contribution in [0.4, 0.5) is 0 Å². The summed E-state index contributed by atoms with van der Waals surface area (Å²) >= 11 is 0. The predicted octanol–water partition coefficient (Wildman–Crippen LogP) is 3.25. The largest absolute Gasteiger partial charge is 0.383 e. The summed E-state index contributed by atoms with van der Waals surface area (Å²) in [5, 5.41) is 4.31. The monoisotopic (exact) mass is 531 g/mol. The van der Waals surface area contributed by atoms with Crippen LogP contribution >= 0.6 is 0 Å². The number of likely N-dealkylation sites (N-methyl/N-ethyl adjacent to an activating group) is 1. The number of piperazine rings is 1. The van der Waals surface area contributed by atoms with Gasteiger partial charge in [-0.05, 0) is 37.2 Å². The average Bonchev–Trinajstić information content (AvgIpc) is 3.31. The van der Waals surface area contributed by atoms with Crippen LogP contribution in [0, 0.1) is 0 Å². The highest BCUT2D eigenvalue weighted by Gasteiger charge is 2.44. The number of nitrogens with one attached hydrogen (secondary N) is 1. The molecule has 0 aliphatic carbocycles. The van der Waals surface area contributed by atoms with Gasteiger partial charge in [0.15, 0.2) is 0 Å². The molecule has 5 rings (SSSR count). The van der Waals surface area contributed by atoms with Gasteiger partial charge >= 0.3 is 0 Å². The smallest absolute Gasteiger partial charge is 0.254 e. The van der Waals surface area contributed by atoms with E-state index in [9.17, 15) is 9.59 Å². The zero-order valence-electron chi connectivity index (χ0n) is 23.4. The van der Waals surface area contributed by atoms with Crippen LogP contribution in [-0.2, 0) is 16.6 Å². The maximum Gasteiger partial charge on any atom is 0.254 e. The van der Waals surface area contributed by atoms with Gasteiger partial charge in [0, 0.05) is 81.7 Å². The van der Waals surface area contributed by atoms with Gasteiger partial charge in [-0.1, -0.05) is 43.3 Å². The Bertz CT molecular complexity index is 1300. The number of aromatic nitrogens is 1. The van der Waals surface area contributed by atoms with Gasteiger partial charge in [0.2, 0.25) is 5.91 Å². The number of hydrogen-bond acceptors (Lipinski definition) is 5. The number of amides is 2. The van der Waals surface area contributed by atoms with Crippen LogP contribution in [0.15, 0.2) is 54.7 Å². The summed E-state index contributed by atoms with van der Waals surface area (Å²) in [7, 11) is 3.65. The summed E-state index contributed by atoms with van der Waals surface area (Å²) in [6, 6.07) is 15.3. The van der Waals surface area contributed by atoms with Gasteiger partial charge in [-0.3, -0.25) is 9.59 Å². The Morgan fingerprint density at radius 3 is 2.46 bits per heavy atom. The second-order valence-corrected chi connectivity index (χ2v) is 10.6. The summed E-state index contributed by atoms with van der Waals surface area (Å²) < 4.78 is 7.48. The van der Waals surface area contributed by atoms with Crippen molar-refractivity contribution in [3.05, 3.63) is 71.4 Å². The van der Waals surface area contributed by atoms with Gasteiger partial charge in [0.25, 0.3) is 5.91 Å². The minimum Gasteiger partial charge on any atom is -0.383 e. The van der Waals surface area contributed by atoms with Gasteiger partial charge < -0.3 is 29.3 Å². The zero-order chi connectivity index (χ0) is 27.4. The first kappa shape index (κ1) is 27.4. The summed E-state index contributed by atoms with van der Waals surface area (Å²) in [5.41, 5.74) is 3.45. The molecule has 1 fully saturated rings. The molecule has 2 aromatic carbocycles. The number of methoxy groups -OCH3 is 1. The van der Waals surface area contributed by atoms with Crippen molar-refractivity contribution in [1.29, 1.82) is 0 Å². The van der Waals surface area contributed by atoms with E-state index in [4.69, 9.17) is 4.74 Å². The number of carbonyl (C=O) groups is 2. The molecule has 8 nitrogen and oxygen atoms in total. The van der Waals surface area contributed by atoms with E-state index in [1.165, 1.54) is 0 Å². The molecule has 1 aromatic heterocycles. The highest BCUT2D eigenvalue weighted by Crippen LogP contribution is 2.45. The fraction of sp³-hybridized carbons (Fsp3) is 0.484. The lowest BCUT2D eigenvalue weighted by molar-refractivity contribution is -0.124. The number of aryl methyl sites for hydroxylation is 1. The number of nitrogens with zero attached hydrogens (tertiary/aromatic N) is 4. The van der Waals surface area contributed by atoms with Crippen LogP contribution in [0.5, 0.6) is 0 Å². The maximum absolute atomic E-state index is 14.0. The summed E-state index contributed by atoms with van der Waals surface area (Å²) in [4.78, 5) is 34.7. The molecule has 1 N–H and O–H groups in total. The van der Waals surface area contributed by atoms with Crippen molar-refractivity contribution in [2.45, 2.75) is 25.3 Å². The predicted molar refractivity (Wildman–Crippen MR) is 154 cm³/mol. The number of hydrogen-bond donors (Lipinski definition) is 1. The molecule has 0 spiro atoms. The Morgan fingerprint density at radius 2 is 1.69 bits per heavy atom. The molecule has 0 radical (unpaired) electrons. The molecular weight excluding hydrogens is 490 g/mol. The molecule has 39 heavy (non-hydrogen) atoms. The third-order valence-electron chi connectivity index (χ3n) is 8.37. The standard InChI is InChI=1S/C31H41N5O3/c1-4-34-16-18-35(19-17-34)15-9-14-32-30(37)28-24-11-5-6-12-25(24)31(38)36(20-21-39-3)29(28)26-22-33(2)27-13-8-7-10-23(26)27/h5-8,10-13,22,28-29H,4,9,14-21H2,1-3H3,(H,32,37). The SMILES string of the molecule is CCN1CCN(CCCNC(=O)C2c3ccccc3C(=O)N(CCOC)C2c2cn(C)c3ccccc23)CC1. The van der Waals surface area contributed by atoms with E-state index in [1.54, 1.807) is 7.11 Å². The van der Waals surface area contributed by atoms with Crippen molar-refractivity contribution in [1.82, 2.24) is 24.6 Å². The van der Waals surface area contributed by atoms with Crippen molar-refractivity contribution >= 4 is 22.7 Å². The van der Waals surface area contributed by atoms with Crippen LogP contribution in [0.2, 0.25) is 0 Å². The minimum atomic E-state index is -0.519. The lowest BCUT2D eigenvalue weighted by atomic mass is 9.79. The van der Waals surface area contributed by atoms with E-state index < -0.39 is 12.0 Å². The van der Waals surface area contributed by atoms with Crippen molar-refractivity contribution < 1.29 is 14.3 Å². The van der Waals surface area contributed by atoms with E-state index in [2.05, 4.69) is 44.9 Å². The lowest BCUT2D eigenvalue weighted by Crippen LogP contribution is -2.49. The Balaban J connectivity index is 1.42. The van der Waals surface area contributed by atoms with Crippen molar-refractivity contribution in [3.8, 4) is 0 Å². The van der Waals surface area contributed by atoms with Crippen molar-refractivity contribution in [2.75, 3.05) is 66.1 Å². The fourth-order valence-corrected chi connectivity index (χ4v) is 6.22. The van der Waals surface area contributed by atoms with Crippen LogP contribution < -0.4 is 5.32 Å². The molecule has 0 bridgehead atoms. The van der Waals surface area contributed by atoms with Gasteiger partial charge in [-0.2, -0.15) is 0 Å². The van der Waals surface area contributed by atoms with Gasteiger partial charge in [0.05, 0.1) is 18.6 Å². The number of para-hydroxylation sites is 1. The molecule has 1 saturated heterocycles. The first-order chi connectivity index (χ1) is 19.0. The van der Waals surface area contributed by atoms with Crippen LogP contribution in [-0.4, -0.2) is 97.2 Å². The number of fused-ring (bicyclic) bond motifs is 2. The third-order valence-corrected chi connectivity index (χ3v) is 8.37. The first-order valence-corrected chi connectivity index (χ1v) is 14.2. The third kappa shape index (κ3) is 5.60. The normalized spacial score (nSPS) is 20.4. The molecule has 0 saturated carbocycles. The van der Waals surface area contributed by atoms with Crippen molar-refractivity contribution in [2.24, 2.45) is 7.05 Å². The van der Waals surface area contributed by atoms with Crippen LogP contribution in [0.3, 0.4) is 0 Å². The van der Waals surface area contributed by atoms with E-state index in [0.29, 0.717) is 25.3 Å². The van der Waals surface area contributed by atoms with Gasteiger partial charge in [-0.15, -0.1) is 0 Å². The van der Waals surface area contributed by atoms with Gasteiger partial charge in [0.1, 0.15) is 0 Å². The lowest BCUT2D eigenvalue weighted by Gasteiger charge is -2.41. The van der Waals surface area contributed by atoms with Crippen molar-refractivity contribution in [3.63, 3.8) is 0 Å². The average molecular weight is 532 g/mol. The van der Waals surface area contributed by atoms with E-state index >= 15 is 0 Å². The Hall–Kier alpha value is -3.20. The molecule has 2 aliphatic rings. The summed E-state index contributed by atoms with van der Waals surface area (Å²) in [6.45, 7) is 10.1. The number of ether oxygens (including phenoxy) is 1. The Labute approximate surface area is 231 Å². The number of carbonyl (C=O) groups excluding carboxylic acids is 2. The minimum absolute atomic E-state index is 0.0360. The topological polar surface area (TPSA) is 70.1 Å². The number of rotatable bonds is 10. The van der Waals surface area contributed by atoms with E-state index in [1.807, 2.05) is 48.3 Å². The molecule has 208 valence electrons. The molecule has 2 aliphatic heterocycles. The van der Waals surface area contributed by atoms with Crippen LogP contribution in [0.1, 0.15) is 46.8 Å². The number of benzene rings is 2. The molecule has 2 amide bonds. The highest BCUT2D eigenvalue weighted by molar-refractivity contribution is 6.02. The van der Waals surface area contributed by atoms with Gasteiger partial charge in [-0.25, -0.2) is 0 Å².